The van der Waals surface area contributed by atoms with Crippen molar-refractivity contribution in [2.45, 2.75) is 20.0 Å². The third-order valence-corrected chi connectivity index (χ3v) is 3.93. The molecule has 25 heavy (non-hydrogen) atoms. The first-order valence-corrected chi connectivity index (χ1v) is 8.08. The van der Waals surface area contributed by atoms with E-state index in [0.717, 1.165) is 10.9 Å². The molecule has 0 fully saturated rings. The van der Waals surface area contributed by atoms with Crippen LogP contribution in [0.1, 0.15) is 12.5 Å². The van der Waals surface area contributed by atoms with Crippen LogP contribution in [0.25, 0.3) is 11.0 Å². The van der Waals surface area contributed by atoms with Gasteiger partial charge >= 0.3 is 5.63 Å². The summed E-state index contributed by atoms with van der Waals surface area (Å²) in [5.74, 6) is 0.128. The molecule has 1 aromatic heterocycles. The molecule has 3 rings (SSSR count). The highest BCUT2D eigenvalue weighted by Crippen LogP contribution is 2.23. The van der Waals surface area contributed by atoms with E-state index in [2.05, 4.69) is 5.32 Å². The highest BCUT2D eigenvalue weighted by molar-refractivity contribution is 6.30. The van der Waals surface area contributed by atoms with Gasteiger partial charge in [-0.2, -0.15) is 0 Å². The number of carbonyl (C=O) groups excluding carboxylic acids is 1. The zero-order valence-corrected chi connectivity index (χ0v) is 14.5. The first-order valence-electron chi connectivity index (χ1n) is 7.70. The molecule has 2 aromatic carbocycles. The summed E-state index contributed by atoms with van der Waals surface area (Å²) in [4.78, 5) is 23.7. The van der Waals surface area contributed by atoms with Crippen molar-refractivity contribution in [3.05, 3.63) is 69.5 Å². The average molecular weight is 358 g/mol. The fourth-order valence-corrected chi connectivity index (χ4v) is 2.64. The van der Waals surface area contributed by atoms with E-state index in [0.29, 0.717) is 22.0 Å². The van der Waals surface area contributed by atoms with Crippen molar-refractivity contribution in [3.8, 4) is 5.75 Å². The number of nitrogens with one attached hydrogen (secondary N) is 1. The topological polar surface area (TPSA) is 68.5 Å². The Balaban J connectivity index is 1.76. The Morgan fingerprint density at radius 2 is 2.00 bits per heavy atom. The van der Waals surface area contributed by atoms with Crippen LogP contribution in [0, 0.1) is 6.92 Å². The van der Waals surface area contributed by atoms with E-state index in [1.54, 1.807) is 49.4 Å². The van der Waals surface area contributed by atoms with Crippen LogP contribution in [-0.4, -0.2) is 12.0 Å². The summed E-state index contributed by atoms with van der Waals surface area (Å²) in [6.07, 6.45) is -0.743. The summed E-state index contributed by atoms with van der Waals surface area (Å²) in [5, 5.41) is 4.09. The highest BCUT2D eigenvalue weighted by atomic mass is 35.5. The Morgan fingerprint density at radius 1 is 1.20 bits per heavy atom. The minimum Gasteiger partial charge on any atom is -0.481 e. The van der Waals surface area contributed by atoms with Gasteiger partial charge in [-0.1, -0.05) is 17.7 Å². The maximum absolute atomic E-state index is 12.2. The number of anilines is 1. The largest absolute Gasteiger partial charge is 0.481 e. The second-order valence-electron chi connectivity index (χ2n) is 5.67. The predicted octanol–water partition coefficient (Wildman–Crippen LogP) is 4.16. The number of fused-ring (bicyclic) bond motifs is 1. The number of benzene rings is 2. The molecule has 1 unspecified atom stereocenters. The third-order valence-electron chi connectivity index (χ3n) is 3.70. The number of rotatable bonds is 4. The number of hydrogen-bond donors (Lipinski definition) is 1. The normalized spacial score (nSPS) is 12.0. The van der Waals surface area contributed by atoms with Gasteiger partial charge in [0.2, 0.25) is 0 Å². The standard InChI is InChI=1S/C19H16ClNO4/c1-11-8-18(22)25-17-10-15(6-7-16(11)17)24-12(2)19(23)21-14-5-3-4-13(20)9-14/h3-10,12H,1-2H3,(H,21,23). The van der Waals surface area contributed by atoms with Crippen molar-refractivity contribution in [2.24, 2.45) is 0 Å². The van der Waals surface area contributed by atoms with Gasteiger partial charge in [-0.15, -0.1) is 0 Å². The second-order valence-corrected chi connectivity index (χ2v) is 6.10. The molecule has 3 aromatic rings. The van der Waals surface area contributed by atoms with Crippen LogP contribution in [0.15, 0.2) is 57.7 Å². The zero-order valence-electron chi connectivity index (χ0n) is 13.7. The number of amides is 1. The van der Waals surface area contributed by atoms with Crippen molar-refractivity contribution < 1.29 is 13.9 Å². The lowest BCUT2D eigenvalue weighted by atomic mass is 10.1. The van der Waals surface area contributed by atoms with E-state index in [-0.39, 0.29) is 5.91 Å². The molecule has 1 N–H and O–H groups in total. The van der Waals surface area contributed by atoms with Crippen LogP contribution in [0.2, 0.25) is 5.02 Å². The molecule has 1 amide bonds. The minimum absolute atomic E-state index is 0.312. The van der Waals surface area contributed by atoms with Gasteiger partial charge in [-0.3, -0.25) is 4.79 Å². The Hall–Kier alpha value is -2.79. The van der Waals surface area contributed by atoms with Gasteiger partial charge in [0.05, 0.1) is 0 Å². The van der Waals surface area contributed by atoms with Gasteiger partial charge < -0.3 is 14.5 Å². The molecule has 5 nitrogen and oxygen atoms in total. The van der Waals surface area contributed by atoms with Crippen LogP contribution in [0.3, 0.4) is 0 Å². The Kier molecular flexibility index (Phi) is 4.76. The number of halogens is 1. The van der Waals surface area contributed by atoms with E-state index in [9.17, 15) is 9.59 Å². The lowest BCUT2D eigenvalue weighted by Crippen LogP contribution is -2.30. The molecule has 1 heterocycles. The summed E-state index contributed by atoms with van der Waals surface area (Å²) >= 11 is 5.90. The lowest BCUT2D eigenvalue weighted by Gasteiger charge is -2.15. The van der Waals surface area contributed by atoms with Gasteiger partial charge in [0, 0.05) is 28.2 Å². The molecule has 0 saturated carbocycles. The van der Waals surface area contributed by atoms with E-state index < -0.39 is 11.7 Å². The Bertz CT molecular complexity index is 996. The zero-order chi connectivity index (χ0) is 18.0. The number of hydrogen-bond acceptors (Lipinski definition) is 4. The van der Waals surface area contributed by atoms with E-state index >= 15 is 0 Å². The monoisotopic (exact) mass is 357 g/mol. The molecule has 0 aliphatic carbocycles. The highest BCUT2D eigenvalue weighted by Gasteiger charge is 2.16. The van der Waals surface area contributed by atoms with E-state index in [4.69, 9.17) is 20.8 Å². The smallest absolute Gasteiger partial charge is 0.336 e. The van der Waals surface area contributed by atoms with Crippen LogP contribution >= 0.6 is 11.6 Å². The van der Waals surface area contributed by atoms with E-state index in [1.807, 2.05) is 6.92 Å². The molecule has 128 valence electrons. The van der Waals surface area contributed by atoms with Gasteiger partial charge in [-0.05, 0) is 49.7 Å². The van der Waals surface area contributed by atoms with Crippen LogP contribution in [0.5, 0.6) is 5.75 Å². The first-order chi connectivity index (χ1) is 11.9. The molecule has 0 aliphatic rings. The number of aryl methyl sites for hydroxylation is 1. The van der Waals surface area contributed by atoms with Crippen LogP contribution < -0.4 is 15.7 Å². The summed E-state index contributed by atoms with van der Waals surface area (Å²) < 4.78 is 10.8. The quantitative estimate of drug-likeness (QED) is 0.712. The summed E-state index contributed by atoms with van der Waals surface area (Å²) in [5.41, 5.74) is 1.41. The second kappa shape index (κ2) is 6.99. The molecular formula is C19H16ClNO4. The fraction of sp³-hybridized carbons (Fsp3) is 0.158. The van der Waals surface area contributed by atoms with E-state index in [1.165, 1.54) is 6.07 Å². The van der Waals surface area contributed by atoms with Crippen LogP contribution in [0.4, 0.5) is 5.69 Å². The van der Waals surface area contributed by atoms with Gasteiger partial charge in [0.1, 0.15) is 11.3 Å². The number of carbonyl (C=O) groups is 1. The summed E-state index contributed by atoms with van der Waals surface area (Å²) in [7, 11) is 0. The van der Waals surface area contributed by atoms with Crippen LogP contribution in [-0.2, 0) is 4.79 Å². The molecule has 0 saturated heterocycles. The average Bonchev–Trinajstić information content (AvgIpc) is 2.54. The lowest BCUT2D eigenvalue weighted by molar-refractivity contribution is -0.122. The molecule has 0 spiro atoms. The fourth-order valence-electron chi connectivity index (χ4n) is 2.45. The summed E-state index contributed by atoms with van der Waals surface area (Å²) in [6.45, 7) is 3.47. The van der Waals surface area contributed by atoms with Gasteiger partial charge in [0.15, 0.2) is 6.10 Å². The molecule has 1 atom stereocenters. The minimum atomic E-state index is -0.743. The van der Waals surface area contributed by atoms with Crippen molar-refractivity contribution in [1.82, 2.24) is 0 Å². The maximum Gasteiger partial charge on any atom is 0.336 e. The Labute approximate surface area is 149 Å². The summed E-state index contributed by atoms with van der Waals surface area (Å²) in [6, 6.07) is 13.4. The molecule has 0 bridgehead atoms. The SMILES string of the molecule is Cc1cc(=O)oc2cc(OC(C)C(=O)Nc3cccc(Cl)c3)ccc12. The molecular weight excluding hydrogens is 342 g/mol. The van der Waals surface area contributed by atoms with Crippen molar-refractivity contribution in [2.75, 3.05) is 5.32 Å². The van der Waals surface area contributed by atoms with Crippen molar-refractivity contribution in [1.29, 1.82) is 0 Å². The van der Waals surface area contributed by atoms with Gasteiger partial charge in [0.25, 0.3) is 5.91 Å². The third kappa shape index (κ3) is 4.00. The molecule has 6 heteroatoms. The van der Waals surface area contributed by atoms with Crippen molar-refractivity contribution >= 4 is 34.2 Å². The molecule has 0 aliphatic heterocycles. The first kappa shape index (κ1) is 17.0. The predicted molar refractivity (Wildman–Crippen MR) is 97.4 cm³/mol. The number of ether oxygens (including phenoxy) is 1. The molecule has 0 radical (unpaired) electrons. The van der Waals surface area contributed by atoms with Crippen molar-refractivity contribution in [3.63, 3.8) is 0 Å². The van der Waals surface area contributed by atoms with Gasteiger partial charge in [-0.25, -0.2) is 4.79 Å². The maximum atomic E-state index is 12.2. The Morgan fingerprint density at radius 3 is 2.76 bits per heavy atom.